The van der Waals surface area contributed by atoms with E-state index in [0.29, 0.717) is 5.57 Å². The van der Waals surface area contributed by atoms with Crippen LogP contribution in [-0.2, 0) is 0 Å². The smallest absolute Gasteiger partial charge is 0.262 e. The standard InChI is InChI=1S/C11H17N3O5/c1-9-2-3-10(13(16)17)6-11(9,14(18)19)8-12(7-10)4-5-15/h2,15H,3-8H2,1H3/t10-,11+/m0/s1. The molecule has 0 aromatic rings. The molecule has 1 aliphatic heterocycles. The van der Waals surface area contributed by atoms with Crippen LogP contribution in [0.5, 0.6) is 0 Å². The summed E-state index contributed by atoms with van der Waals surface area (Å²) in [5.74, 6) is 0. The van der Waals surface area contributed by atoms with Crippen LogP contribution in [0.4, 0.5) is 0 Å². The van der Waals surface area contributed by atoms with Gasteiger partial charge in [-0.05, 0) is 6.92 Å². The molecule has 106 valence electrons. The number of aliphatic hydroxyl groups excluding tert-OH is 1. The second-order valence-corrected chi connectivity index (χ2v) is 5.47. The monoisotopic (exact) mass is 271 g/mol. The minimum absolute atomic E-state index is 0.0652. The zero-order valence-corrected chi connectivity index (χ0v) is 10.7. The molecule has 0 spiro atoms. The Morgan fingerprint density at radius 3 is 2.58 bits per heavy atom. The van der Waals surface area contributed by atoms with Gasteiger partial charge in [-0.25, -0.2) is 0 Å². The van der Waals surface area contributed by atoms with E-state index in [2.05, 4.69) is 0 Å². The molecule has 0 amide bonds. The zero-order valence-electron chi connectivity index (χ0n) is 10.7. The van der Waals surface area contributed by atoms with Gasteiger partial charge in [-0.3, -0.25) is 25.1 Å². The maximum absolute atomic E-state index is 11.5. The van der Waals surface area contributed by atoms with Crippen LogP contribution in [0.25, 0.3) is 0 Å². The summed E-state index contributed by atoms with van der Waals surface area (Å²) in [4.78, 5) is 23.7. The highest BCUT2D eigenvalue weighted by Gasteiger charge is 2.64. The first-order valence-corrected chi connectivity index (χ1v) is 6.16. The zero-order chi connectivity index (χ0) is 14.3. The first kappa shape index (κ1) is 13.9. The molecule has 8 nitrogen and oxygen atoms in total. The molecular formula is C11H17N3O5. The molecule has 19 heavy (non-hydrogen) atoms. The number of piperidine rings is 1. The van der Waals surface area contributed by atoms with Crippen LogP contribution in [-0.4, -0.2) is 57.2 Å². The van der Waals surface area contributed by atoms with Gasteiger partial charge in [-0.2, -0.15) is 0 Å². The topological polar surface area (TPSA) is 110 Å². The Balaban J connectivity index is 2.46. The van der Waals surface area contributed by atoms with Crippen molar-refractivity contribution in [1.29, 1.82) is 0 Å². The molecular weight excluding hydrogens is 254 g/mol. The van der Waals surface area contributed by atoms with Gasteiger partial charge < -0.3 is 5.11 Å². The molecule has 0 aromatic heterocycles. The maximum atomic E-state index is 11.5. The number of nitro groups is 2. The van der Waals surface area contributed by atoms with E-state index in [4.69, 9.17) is 5.11 Å². The Kier molecular flexibility index (Phi) is 3.31. The van der Waals surface area contributed by atoms with E-state index < -0.39 is 20.9 Å². The van der Waals surface area contributed by atoms with Crippen molar-refractivity contribution < 1.29 is 15.0 Å². The van der Waals surface area contributed by atoms with E-state index in [1.54, 1.807) is 17.9 Å². The predicted molar refractivity (Wildman–Crippen MR) is 66.0 cm³/mol. The number of fused-ring (bicyclic) bond motifs is 2. The van der Waals surface area contributed by atoms with Crippen LogP contribution in [0.3, 0.4) is 0 Å². The van der Waals surface area contributed by atoms with E-state index in [0.717, 1.165) is 0 Å². The molecule has 0 saturated carbocycles. The second kappa shape index (κ2) is 4.53. The lowest BCUT2D eigenvalue weighted by molar-refractivity contribution is -0.621. The van der Waals surface area contributed by atoms with Crippen molar-refractivity contribution in [3.8, 4) is 0 Å². The summed E-state index contributed by atoms with van der Waals surface area (Å²) in [7, 11) is 0. The Labute approximate surface area is 110 Å². The van der Waals surface area contributed by atoms with E-state index >= 15 is 0 Å². The van der Waals surface area contributed by atoms with Crippen LogP contribution >= 0.6 is 0 Å². The number of likely N-dealkylation sites (tertiary alicyclic amines) is 1. The summed E-state index contributed by atoms with van der Waals surface area (Å²) in [6, 6.07) is 0. The average Bonchev–Trinajstić information content (AvgIpc) is 2.34. The summed E-state index contributed by atoms with van der Waals surface area (Å²) in [6.07, 6.45) is 1.78. The van der Waals surface area contributed by atoms with E-state index in [1.807, 2.05) is 0 Å². The number of hydrogen-bond donors (Lipinski definition) is 1. The fraction of sp³-hybridized carbons (Fsp3) is 0.818. The number of β-amino-alcohol motifs (C(OH)–C–C–N with tert-alkyl or cyclic N) is 1. The quantitative estimate of drug-likeness (QED) is 0.440. The molecule has 8 heteroatoms. The lowest BCUT2D eigenvalue weighted by Crippen LogP contribution is -2.67. The highest BCUT2D eigenvalue weighted by Crippen LogP contribution is 2.43. The normalized spacial score (nSPS) is 34.7. The van der Waals surface area contributed by atoms with Crippen molar-refractivity contribution in [2.24, 2.45) is 0 Å². The molecule has 2 bridgehead atoms. The van der Waals surface area contributed by atoms with Crippen molar-refractivity contribution in [2.45, 2.75) is 30.8 Å². The van der Waals surface area contributed by atoms with E-state index in [1.165, 1.54) is 0 Å². The van der Waals surface area contributed by atoms with Gasteiger partial charge in [0.2, 0.25) is 5.54 Å². The molecule has 2 atom stereocenters. The van der Waals surface area contributed by atoms with Crippen LogP contribution in [0.15, 0.2) is 11.6 Å². The number of aliphatic hydroxyl groups is 1. The lowest BCUT2D eigenvalue weighted by Gasteiger charge is -2.45. The van der Waals surface area contributed by atoms with Gasteiger partial charge in [0.1, 0.15) is 0 Å². The third kappa shape index (κ3) is 2.00. The molecule has 0 unspecified atom stereocenters. The van der Waals surface area contributed by atoms with Crippen LogP contribution in [0.2, 0.25) is 0 Å². The van der Waals surface area contributed by atoms with E-state index in [9.17, 15) is 20.2 Å². The van der Waals surface area contributed by atoms with Crippen LogP contribution in [0.1, 0.15) is 19.8 Å². The molecule has 2 rings (SSSR count). The van der Waals surface area contributed by atoms with Crippen molar-refractivity contribution in [1.82, 2.24) is 4.90 Å². The van der Waals surface area contributed by atoms with Crippen LogP contribution in [0, 0.1) is 20.2 Å². The van der Waals surface area contributed by atoms with Crippen LogP contribution < -0.4 is 0 Å². The molecule has 1 N–H and O–H groups in total. The molecule has 1 saturated heterocycles. The summed E-state index contributed by atoms with van der Waals surface area (Å²) >= 11 is 0. The largest absolute Gasteiger partial charge is 0.395 e. The second-order valence-electron chi connectivity index (χ2n) is 5.47. The number of hydrogen-bond acceptors (Lipinski definition) is 6. The van der Waals surface area contributed by atoms with Crippen molar-refractivity contribution in [3.05, 3.63) is 31.9 Å². The summed E-state index contributed by atoms with van der Waals surface area (Å²) in [6.45, 7) is 2.00. The lowest BCUT2D eigenvalue weighted by atomic mass is 9.68. The molecule has 0 radical (unpaired) electrons. The fourth-order valence-electron chi connectivity index (χ4n) is 3.19. The summed E-state index contributed by atoms with van der Waals surface area (Å²) in [5.41, 5.74) is -2.11. The molecule has 2 aliphatic rings. The predicted octanol–water partition coefficient (Wildman–Crippen LogP) is 0.0654. The molecule has 0 aromatic carbocycles. The van der Waals surface area contributed by atoms with Crippen molar-refractivity contribution in [2.75, 3.05) is 26.2 Å². The van der Waals surface area contributed by atoms with E-state index in [-0.39, 0.29) is 39.1 Å². The minimum atomic E-state index is -1.39. The highest BCUT2D eigenvalue weighted by molar-refractivity contribution is 5.25. The van der Waals surface area contributed by atoms with Gasteiger partial charge in [-0.1, -0.05) is 6.08 Å². The number of nitrogens with zero attached hydrogens (tertiary/aromatic N) is 3. The van der Waals surface area contributed by atoms with Gasteiger partial charge in [0, 0.05) is 28.4 Å². The van der Waals surface area contributed by atoms with Gasteiger partial charge in [0.15, 0.2) is 0 Å². The Bertz CT molecular complexity index is 452. The molecule has 1 fully saturated rings. The Morgan fingerprint density at radius 1 is 1.37 bits per heavy atom. The Hall–Kier alpha value is -1.54. The SMILES string of the molecule is CC1=CC[C@@]2([N+](=O)[O-])CN(CCO)C[C@]1([N+](=O)[O-])C2. The molecule has 1 heterocycles. The van der Waals surface area contributed by atoms with Gasteiger partial charge in [-0.15, -0.1) is 0 Å². The number of rotatable bonds is 4. The third-order valence-electron chi connectivity index (χ3n) is 4.30. The fourth-order valence-corrected chi connectivity index (χ4v) is 3.19. The van der Waals surface area contributed by atoms with Crippen molar-refractivity contribution >= 4 is 0 Å². The summed E-state index contributed by atoms with van der Waals surface area (Å²) in [5, 5.41) is 31.8. The average molecular weight is 271 g/mol. The maximum Gasteiger partial charge on any atom is 0.262 e. The first-order valence-electron chi connectivity index (χ1n) is 6.16. The third-order valence-corrected chi connectivity index (χ3v) is 4.30. The molecule has 1 aliphatic carbocycles. The van der Waals surface area contributed by atoms with Gasteiger partial charge in [0.05, 0.1) is 26.1 Å². The van der Waals surface area contributed by atoms with Crippen molar-refractivity contribution in [3.63, 3.8) is 0 Å². The van der Waals surface area contributed by atoms with Gasteiger partial charge >= 0.3 is 0 Å². The Morgan fingerprint density at radius 2 is 2.05 bits per heavy atom. The summed E-state index contributed by atoms with van der Waals surface area (Å²) < 4.78 is 0. The minimum Gasteiger partial charge on any atom is -0.395 e. The highest BCUT2D eigenvalue weighted by atomic mass is 16.6. The first-order chi connectivity index (χ1) is 8.86. The van der Waals surface area contributed by atoms with Gasteiger partial charge in [0.25, 0.3) is 5.54 Å².